The molecule has 0 amide bonds. The molecule has 2 nitrogen and oxygen atoms in total. The lowest BCUT2D eigenvalue weighted by molar-refractivity contribution is 0.348. The number of rotatable bonds is 2. The summed E-state index contributed by atoms with van der Waals surface area (Å²) in [4.78, 5) is 0. The average molecular weight is 244 g/mol. The molecule has 0 aromatic carbocycles. The minimum atomic E-state index is 0.756. The van der Waals surface area contributed by atoms with E-state index < -0.39 is 0 Å². The van der Waals surface area contributed by atoms with Gasteiger partial charge in [0.2, 0.25) is 0 Å². The summed E-state index contributed by atoms with van der Waals surface area (Å²) in [5.41, 5.74) is 0. The molecule has 0 bridgehead atoms. The van der Waals surface area contributed by atoms with E-state index >= 15 is 0 Å². The van der Waals surface area contributed by atoms with Gasteiger partial charge in [-0.1, -0.05) is 0 Å². The molecule has 13 heavy (non-hydrogen) atoms. The van der Waals surface area contributed by atoms with E-state index in [1.54, 1.807) is 0 Å². The molecule has 1 aliphatic heterocycles. The number of hydrogen-bond donors (Lipinski definition) is 1. The van der Waals surface area contributed by atoms with Crippen molar-refractivity contribution in [2.75, 3.05) is 13.1 Å². The first-order chi connectivity index (χ1) is 6.34. The SMILES string of the molecule is Brc1ccc(CC2CCCNC2)o1. The maximum Gasteiger partial charge on any atom is 0.169 e. The minimum absolute atomic E-state index is 0.756. The molecule has 1 aromatic rings. The van der Waals surface area contributed by atoms with Crippen molar-refractivity contribution in [2.24, 2.45) is 5.92 Å². The predicted molar refractivity (Wildman–Crippen MR) is 55.7 cm³/mol. The summed E-state index contributed by atoms with van der Waals surface area (Å²) < 4.78 is 6.31. The number of halogens is 1. The maximum absolute atomic E-state index is 5.48. The molecule has 1 aliphatic rings. The fourth-order valence-electron chi connectivity index (χ4n) is 1.84. The van der Waals surface area contributed by atoms with E-state index in [4.69, 9.17) is 4.42 Å². The van der Waals surface area contributed by atoms with E-state index in [1.807, 2.05) is 6.07 Å². The van der Waals surface area contributed by atoms with Crippen LogP contribution >= 0.6 is 15.9 Å². The molecule has 1 unspecified atom stereocenters. The van der Waals surface area contributed by atoms with Crippen LogP contribution in [0.2, 0.25) is 0 Å². The van der Waals surface area contributed by atoms with Gasteiger partial charge in [-0.05, 0) is 59.9 Å². The van der Waals surface area contributed by atoms with Gasteiger partial charge in [0.05, 0.1) is 0 Å². The smallest absolute Gasteiger partial charge is 0.169 e. The number of hydrogen-bond acceptors (Lipinski definition) is 2. The third-order valence-electron chi connectivity index (χ3n) is 2.52. The zero-order valence-electron chi connectivity index (χ0n) is 7.55. The first-order valence-corrected chi connectivity index (χ1v) is 5.59. The van der Waals surface area contributed by atoms with E-state index in [9.17, 15) is 0 Å². The number of furan rings is 1. The van der Waals surface area contributed by atoms with Crippen LogP contribution in [0.25, 0.3) is 0 Å². The van der Waals surface area contributed by atoms with Gasteiger partial charge >= 0.3 is 0 Å². The van der Waals surface area contributed by atoms with E-state index in [-0.39, 0.29) is 0 Å². The van der Waals surface area contributed by atoms with Gasteiger partial charge < -0.3 is 9.73 Å². The summed E-state index contributed by atoms with van der Waals surface area (Å²) in [5, 5.41) is 3.41. The Hall–Kier alpha value is -0.280. The zero-order chi connectivity index (χ0) is 9.10. The Labute approximate surface area is 86.8 Å². The second-order valence-electron chi connectivity index (χ2n) is 3.62. The van der Waals surface area contributed by atoms with Crippen LogP contribution in [0.1, 0.15) is 18.6 Å². The molecule has 1 fully saturated rings. The highest BCUT2D eigenvalue weighted by Crippen LogP contribution is 2.20. The molecular weight excluding hydrogens is 230 g/mol. The van der Waals surface area contributed by atoms with Gasteiger partial charge in [0.15, 0.2) is 4.67 Å². The Morgan fingerprint density at radius 2 is 2.46 bits per heavy atom. The predicted octanol–water partition coefficient (Wildman–Crippen LogP) is 2.58. The second kappa shape index (κ2) is 4.29. The Morgan fingerprint density at radius 1 is 1.54 bits per heavy atom. The Balaban J connectivity index is 1.89. The molecule has 1 atom stereocenters. The Morgan fingerprint density at radius 3 is 3.08 bits per heavy atom. The molecule has 3 heteroatoms. The highest BCUT2D eigenvalue weighted by molar-refractivity contribution is 9.10. The largest absolute Gasteiger partial charge is 0.454 e. The summed E-state index contributed by atoms with van der Waals surface area (Å²) in [5.74, 6) is 1.85. The van der Waals surface area contributed by atoms with Gasteiger partial charge in [0.25, 0.3) is 0 Å². The van der Waals surface area contributed by atoms with Crippen molar-refractivity contribution >= 4 is 15.9 Å². The highest BCUT2D eigenvalue weighted by atomic mass is 79.9. The summed E-state index contributed by atoms with van der Waals surface area (Å²) in [6.45, 7) is 2.32. The van der Waals surface area contributed by atoms with Crippen LogP contribution in [0.4, 0.5) is 0 Å². The first-order valence-electron chi connectivity index (χ1n) is 4.79. The lowest BCUT2D eigenvalue weighted by Gasteiger charge is -2.21. The van der Waals surface area contributed by atoms with Crippen molar-refractivity contribution in [2.45, 2.75) is 19.3 Å². The molecule has 0 saturated carbocycles. The maximum atomic E-state index is 5.48. The second-order valence-corrected chi connectivity index (χ2v) is 4.40. The van der Waals surface area contributed by atoms with Crippen molar-refractivity contribution in [1.29, 1.82) is 0 Å². The average Bonchev–Trinajstić information content (AvgIpc) is 2.53. The van der Waals surface area contributed by atoms with E-state index in [0.717, 1.165) is 29.3 Å². The van der Waals surface area contributed by atoms with Gasteiger partial charge in [0.1, 0.15) is 5.76 Å². The van der Waals surface area contributed by atoms with Gasteiger partial charge in [-0.25, -0.2) is 0 Å². The molecule has 2 rings (SSSR count). The standard InChI is InChI=1S/C10H14BrNO/c11-10-4-3-9(13-10)6-8-2-1-5-12-7-8/h3-4,8,12H,1-2,5-7H2. The summed E-state index contributed by atoms with van der Waals surface area (Å²) >= 11 is 3.31. The van der Waals surface area contributed by atoms with Crippen molar-refractivity contribution in [3.05, 3.63) is 22.6 Å². The van der Waals surface area contributed by atoms with Gasteiger partial charge in [-0.3, -0.25) is 0 Å². The third-order valence-corrected chi connectivity index (χ3v) is 2.94. The Bertz CT molecular complexity index is 266. The first kappa shape index (κ1) is 9.28. The molecule has 0 aliphatic carbocycles. The van der Waals surface area contributed by atoms with Crippen LogP contribution in [0.15, 0.2) is 21.2 Å². The van der Waals surface area contributed by atoms with Gasteiger partial charge in [0, 0.05) is 6.42 Å². The topological polar surface area (TPSA) is 25.2 Å². The third kappa shape index (κ3) is 2.58. The zero-order valence-corrected chi connectivity index (χ0v) is 9.14. The van der Waals surface area contributed by atoms with Crippen LogP contribution in [0.5, 0.6) is 0 Å². The number of nitrogens with one attached hydrogen (secondary N) is 1. The lowest BCUT2D eigenvalue weighted by atomic mass is 9.95. The fraction of sp³-hybridized carbons (Fsp3) is 0.600. The monoisotopic (exact) mass is 243 g/mol. The van der Waals surface area contributed by atoms with Crippen LogP contribution < -0.4 is 5.32 Å². The van der Waals surface area contributed by atoms with E-state index in [0.29, 0.717) is 0 Å². The van der Waals surface area contributed by atoms with Crippen molar-refractivity contribution < 1.29 is 4.42 Å². The lowest BCUT2D eigenvalue weighted by Crippen LogP contribution is -2.30. The quantitative estimate of drug-likeness (QED) is 0.864. The van der Waals surface area contributed by atoms with Gasteiger partial charge in [-0.2, -0.15) is 0 Å². The van der Waals surface area contributed by atoms with E-state index in [2.05, 4.69) is 27.3 Å². The van der Waals surface area contributed by atoms with Crippen molar-refractivity contribution in [3.8, 4) is 0 Å². The fourth-order valence-corrected chi connectivity index (χ4v) is 2.18. The van der Waals surface area contributed by atoms with Gasteiger partial charge in [-0.15, -0.1) is 0 Å². The molecule has 72 valence electrons. The van der Waals surface area contributed by atoms with Crippen LogP contribution in [0, 0.1) is 5.92 Å². The molecule has 2 heterocycles. The summed E-state index contributed by atoms with van der Waals surface area (Å²) in [6, 6.07) is 4.02. The van der Waals surface area contributed by atoms with Crippen molar-refractivity contribution in [1.82, 2.24) is 5.32 Å². The van der Waals surface area contributed by atoms with Crippen molar-refractivity contribution in [3.63, 3.8) is 0 Å². The molecular formula is C10H14BrNO. The van der Waals surface area contributed by atoms with E-state index in [1.165, 1.54) is 19.4 Å². The van der Waals surface area contributed by atoms with Crippen LogP contribution in [0.3, 0.4) is 0 Å². The normalized spacial score (nSPS) is 23.3. The Kier molecular flexibility index (Phi) is 3.06. The summed E-state index contributed by atoms with van der Waals surface area (Å²) in [7, 11) is 0. The molecule has 0 radical (unpaired) electrons. The molecule has 1 N–H and O–H groups in total. The summed E-state index contributed by atoms with van der Waals surface area (Å²) in [6.07, 6.45) is 3.69. The molecule has 1 aromatic heterocycles. The molecule has 0 spiro atoms. The van der Waals surface area contributed by atoms with Crippen LogP contribution in [-0.2, 0) is 6.42 Å². The highest BCUT2D eigenvalue weighted by Gasteiger charge is 2.14. The van der Waals surface area contributed by atoms with Crippen LogP contribution in [-0.4, -0.2) is 13.1 Å². The molecule has 1 saturated heterocycles. The number of piperidine rings is 1. The minimum Gasteiger partial charge on any atom is -0.454 e.